The summed E-state index contributed by atoms with van der Waals surface area (Å²) in [5.74, 6) is 5.63. The van der Waals surface area contributed by atoms with Gasteiger partial charge in [0.2, 0.25) is 0 Å². The SMILES string of the molecule is NNC(Cc1ccc(Br)cc1)c1cncc(Br)c1. The van der Waals surface area contributed by atoms with Crippen molar-refractivity contribution in [1.29, 1.82) is 0 Å². The van der Waals surface area contributed by atoms with Crippen LogP contribution in [-0.4, -0.2) is 4.98 Å². The number of aromatic nitrogens is 1. The molecule has 1 heterocycles. The van der Waals surface area contributed by atoms with Crippen molar-refractivity contribution in [2.45, 2.75) is 12.5 Å². The summed E-state index contributed by atoms with van der Waals surface area (Å²) in [6.45, 7) is 0. The highest BCUT2D eigenvalue weighted by Gasteiger charge is 2.11. The molecule has 2 aromatic rings. The summed E-state index contributed by atoms with van der Waals surface area (Å²) in [5.41, 5.74) is 5.12. The maximum atomic E-state index is 5.63. The standard InChI is InChI=1S/C13H13Br2N3/c14-11-3-1-9(2-4-11)5-13(18-16)10-6-12(15)8-17-7-10/h1-4,6-8,13,18H,5,16H2. The third-order valence-electron chi connectivity index (χ3n) is 2.68. The van der Waals surface area contributed by atoms with Gasteiger partial charge in [-0.1, -0.05) is 28.1 Å². The highest BCUT2D eigenvalue weighted by atomic mass is 79.9. The topological polar surface area (TPSA) is 50.9 Å². The molecular weight excluding hydrogens is 358 g/mol. The van der Waals surface area contributed by atoms with E-state index in [9.17, 15) is 0 Å². The van der Waals surface area contributed by atoms with Crippen LogP contribution in [-0.2, 0) is 6.42 Å². The van der Waals surface area contributed by atoms with E-state index in [1.807, 2.05) is 24.4 Å². The van der Waals surface area contributed by atoms with Gasteiger partial charge >= 0.3 is 0 Å². The molecule has 0 saturated heterocycles. The van der Waals surface area contributed by atoms with Crippen molar-refractivity contribution in [2.24, 2.45) is 5.84 Å². The lowest BCUT2D eigenvalue weighted by Crippen LogP contribution is -2.29. The fraction of sp³-hybridized carbons (Fsp3) is 0.154. The number of benzene rings is 1. The van der Waals surface area contributed by atoms with Gasteiger partial charge in [-0.3, -0.25) is 16.3 Å². The first-order chi connectivity index (χ1) is 8.69. The molecular formula is C13H13Br2N3. The molecule has 0 bridgehead atoms. The number of hydrazine groups is 1. The molecule has 18 heavy (non-hydrogen) atoms. The van der Waals surface area contributed by atoms with Gasteiger partial charge in [-0.15, -0.1) is 0 Å². The van der Waals surface area contributed by atoms with Crippen molar-refractivity contribution in [3.63, 3.8) is 0 Å². The van der Waals surface area contributed by atoms with E-state index in [1.165, 1.54) is 5.56 Å². The fourth-order valence-corrected chi connectivity index (χ4v) is 2.39. The van der Waals surface area contributed by atoms with Crippen LogP contribution in [0.1, 0.15) is 17.2 Å². The molecule has 1 unspecified atom stereocenters. The molecule has 0 aliphatic carbocycles. The largest absolute Gasteiger partial charge is 0.271 e. The second kappa shape index (κ2) is 6.43. The molecule has 1 aromatic heterocycles. The van der Waals surface area contributed by atoms with E-state index in [0.717, 1.165) is 20.9 Å². The predicted molar refractivity (Wildman–Crippen MR) is 79.8 cm³/mol. The molecule has 0 spiro atoms. The van der Waals surface area contributed by atoms with Crippen LogP contribution in [0.25, 0.3) is 0 Å². The quantitative estimate of drug-likeness (QED) is 0.640. The van der Waals surface area contributed by atoms with Gasteiger partial charge in [-0.2, -0.15) is 0 Å². The highest BCUT2D eigenvalue weighted by Crippen LogP contribution is 2.21. The average Bonchev–Trinajstić information content (AvgIpc) is 2.38. The van der Waals surface area contributed by atoms with E-state index >= 15 is 0 Å². The molecule has 3 nitrogen and oxygen atoms in total. The van der Waals surface area contributed by atoms with Gasteiger partial charge in [-0.25, -0.2) is 0 Å². The maximum absolute atomic E-state index is 5.63. The fourth-order valence-electron chi connectivity index (χ4n) is 1.75. The number of hydrogen-bond acceptors (Lipinski definition) is 3. The van der Waals surface area contributed by atoms with Gasteiger partial charge in [0.15, 0.2) is 0 Å². The molecule has 2 rings (SSSR count). The monoisotopic (exact) mass is 369 g/mol. The van der Waals surface area contributed by atoms with Crippen molar-refractivity contribution < 1.29 is 0 Å². The third-order valence-corrected chi connectivity index (χ3v) is 3.65. The summed E-state index contributed by atoms with van der Waals surface area (Å²) >= 11 is 6.84. The van der Waals surface area contributed by atoms with Crippen molar-refractivity contribution >= 4 is 31.9 Å². The maximum Gasteiger partial charge on any atom is 0.0515 e. The van der Waals surface area contributed by atoms with Crippen LogP contribution in [0.2, 0.25) is 0 Å². The minimum absolute atomic E-state index is 0.0520. The molecule has 94 valence electrons. The Bertz CT molecular complexity index is 514. The zero-order valence-corrected chi connectivity index (χ0v) is 12.8. The van der Waals surface area contributed by atoms with Gasteiger partial charge in [0.25, 0.3) is 0 Å². The molecule has 0 amide bonds. The number of nitrogens with one attached hydrogen (secondary N) is 1. The summed E-state index contributed by atoms with van der Waals surface area (Å²) in [6.07, 6.45) is 4.41. The Morgan fingerprint density at radius 2 is 1.83 bits per heavy atom. The minimum Gasteiger partial charge on any atom is -0.271 e. The first kappa shape index (κ1) is 13.7. The lowest BCUT2D eigenvalue weighted by molar-refractivity contribution is 0.550. The number of rotatable bonds is 4. The van der Waals surface area contributed by atoms with E-state index in [0.29, 0.717) is 0 Å². The van der Waals surface area contributed by atoms with E-state index in [1.54, 1.807) is 6.20 Å². The van der Waals surface area contributed by atoms with Gasteiger partial charge in [0, 0.05) is 21.3 Å². The van der Waals surface area contributed by atoms with Gasteiger partial charge in [0.05, 0.1) is 6.04 Å². The molecule has 3 N–H and O–H groups in total. The molecule has 0 fully saturated rings. The van der Waals surface area contributed by atoms with E-state index in [-0.39, 0.29) is 6.04 Å². The summed E-state index contributed by atoms with van der Waals surface area (Å²) in [5, 5.41) is 0. The van der Waals surface area contributed by atoms with E-state index in [2.05, 4.69) is 54.4 Å². The molecule has 1 atom stereocenters. The first-order valence-electron chi connectivity index (χ1n) is 5.50. The minimum atomic E-state index is 0.0520. The van der Waals surface area contributed by atoms with Gasteiger partial charge in [-0.05, 0) is 51.7 Å². The van der Waals surface area contributed by atoms with Crippen molar-refractivity contribution in [1.82, 2.24) is 10.4 Å². The van der Waals surface area contributed by atoms with Crippen LogP contribution in [0.4, 0.5) is 0 Å². The molecule has 0 aliphatic heterocycles. The summed E-state index contributed by atoms with van der Waals surface area (Å²) in [7, 11) is 0. The van der Waals surface area contributed by atoms with E-state index in [4.69, 9.17) is 5.84 Å². The smallest absolute Gasteiger partial charge is 0.0515 e. The molecule has 5 heteroatoms. The Morgan fingerprint density at radius 1 is 1.11 bits per heavy atom. The Hall–Kier alpha value is -0.750. The summed E-state index contributed by atoms with van der Waals surface area (Å²) < 4.78 is 2.03. The van der Waals surface area contributed by atoms with Crippen LogP contribution in [0.5, 0.6) is 0 Å². The number of nitrogens with zero attached hydrogens (tertiary/aromatic N) is 1. The van der Waals surface area contributed by atoms with Gasteiger partial charge < -0.3 is 0 Å². The van der Waals surface area contributed by atoms with Crippen molar-refractivity contribution in [3.05, 3.63) is 62.8 Å². The number of nitrogens with two attached hydrogens (primary N) is 1. The zero-order chi connectivity index (χ0) is 13.0. The lowest BCUT2D eigenvalue weighted by Gasteiger charge is -2.16. The Labute approximate surface area is 123 Å². The highest BCUT2D eigenvalue weighted by molar-refractivity contribution is 9.10. The molecule has 0 aliphatic rings. The van der Waals surface area contributed by atoms with Crippen LogP contribution in [0.15, 0.2) is 51.7 Å². The summed E-state index contributed by atoms with van der Waals surface area (Å²) in [6, 6.07) is 10.3. The second-order valence-electron chi connectivity index (χ2n) is 3.99. The molecule has 0 saturated carbocycles. The Kier molecular flexibility index (Phi) is 4.88. The van der Waals surface area contributed by atoms with Gasteiger partial charge in [0.1, 0.15) is 0 Å². The third kappa shape index (κ3) is 3.62. The van der Waals surface area contributed by atoms with Crippen molar-refractivity contribution in [2.75, 3.05) is 0 Å². The lowest BCUT2D eigenvalue weighted by atomic mass is 10.0. The molecule has 1 aromatic carbocycles. The summed E-state index contributed by atoms with van der Waals surface area (Å²) in [4.78, 5) is 4.16. The Morgan fingerprint density at radius 3 is 2.44 bits per heavy atom. The second-order valence-corrected chi connectivity index (χ2v) is 5.82. The number of halogens is 2. The Balaban J connectivity index is 2.17. The number of hydrogen-bond donors (Lipinski definition) is 2. The van der Waals surface area contributed by atoms with Crippen LogP contribution >= 0.6 is 31.9 Å². The number of pyridine rings is 1. The molecule has 0 radical (unpaired) electrons. The average molecular weight is 371 g/mol. The van der Waals surface area contributed by atoms with Crippen molar-refractivity contribution in [3.8, 4) is 0 Å². The predicted octanol–water partition coefficient (Wildman–Crippen LogP) is 3.35. The van der Waals surface area contributed by atoms with Crippen LogP contribution in [0, 0.1) is 0 Å². The first-order valence-corrected chi connectivity index (χ1v) is 7.08. The van der Waals surface area contributed by atoms with Crippen LogP contribution < -0.4 is 11.3 Å². The normalized spacial score (nSPS) is 12.4. The van der Waals surface area contributed by atoms with E-state index < -0.39 is 0 Å². The zero-order valence-electron chi connectivity index (χ0n) is 9.61. The van der Waals surface area contributed by atoms with Crippen LogP contribution in [0.3, 0.4) is 0 Å².